The number of nitrogens with one attached hydrogen (secondary N) is 1. The maximum absolute atomic E-state index is 13.1. The smallest absolute Gasteiger partial charge is 0.246 e. The van der Waals surface area contributed by atoms with Crippen LogP contribution in [0.1, 0.15) is 12.8 Å². The van der Waals surface area contributed by atoms with Crippen LogP contribution in [0.3, 0.4) is 0 Å². The predicted molar refractivity (Wildman–Crippen MR) is 103 cm³/mol. The number of carbonyl (C=O) groups is 1. The molecular weight excluding hydrogens is 461 g/mol. The van der Waals surface area contributed by atoms with Crippen LogP contribution in [0.2, 0.25) is 5.15 Å². The molecule has 27 heavy (non-hydrogen) atoms. The third-order valence-corrected chi connectivity index (χ3v) is 7.36. The summed E-state index contributed by atoms with van der Waals surface area (Å²) in [6.07, 6.45) is 2.18. The first-order chi connectivity index (χ1) is 12.8. The van der Waals surface area contributed by atoms with E-state index in [1.54, 1.807) is 0 Å². The summed E-state index contributed by atoms with van der Waals surface area (Å²) in [6.45, 7) is 0.409. The summed E-state index contributed by atoms with van der Waals surface area (Å²) < 4.78 is 40.3. The zero-order valence-corrected chi connectivity index (χ0v) is 17.2. The van der Waals surface area contributed by atoms with E-state index in [1.165, 1.54) is 40.8 Å². The molecule has 2 heterocycles. The largest absolute Gasteiger partial charge is 0.325 e. The molecule has 1 aliphatic rings. The Bertz CT molecular complexity index is 966. The molecule has 0 saturated carbocycles. The molecule has 0 atom stereocenters. The molecule has 1 aromatic heterocycles. The second-order valence-electron chi connectivity index (χ2n) is 6.08. The van der Waals surface area contributed by atoms with Crippen LogP contribution < -0.4 is 5.32 Å². The monoisotopic (exact) mass is 475 g/mol. The quantitative estimate of drug-likeness (QED) is 0.683. The van der Waals surface area contributed by atoms with Crippen LogP contribution in [0.25, 0.3) is 0 Å². The van der Waals surface area contributed by atoms with Gasteiger partial charge < -0.3 is 5.32 Å². The van der Waals surface area contributed by atoms with E-state index in [0.29, 0.717) is 23.0 Å². The summed E-state index contributed by atoms with van der Waals surface area (Å²) in [4.78, 5) is 16.2. The van der Waals surface area contributed by atoms with Gasteiger partial charge in [0.15, 0.2) is 0 Å². The average molecular weight is 477 g/mol. The Balaban J connectivity index is 1.65. The lowest BCUT2D eigenvalue weighted by atomic mass is 9.97. The number of piperidine rings is 1. The highest BCUT2D eigenvalue weighted by Crippen LogP contribution is 2.29. The fourth-order valence-corrected chi connectivity index (χ4v) is 5.23. The van der Waals surface area contributed by atoms with Gasteiger partial charge in [0, 0.05) is 29.7 Å². The van der Waals surface area contributed by atoms with E-state index in [1.807, 2.05) is 0 Å². The number of benzene rings is 1. The molecule has 0 unspecified atom stereocenters. The number of rotatable bonds is 4. The van der Waals surface area contributed by atoms with Crippen molar-refractivity contribution >= 4 is 49.1 Å². The fraction of sp³-hybridized carbons (Fsp3) is 0.294. The van der Waals surface area contributed by atoms with Gasteiger partial charge in [-0.25, -0.2) is 17.8 Å². The minimum absolute atomic E-state index is 0.0372. The van der Waals surface area contributed by atoms with Crippen molar-refractivity contribution in [3.63, 3.8) is 0 Å². The van der Waals surface area contributed by atoms with Crippen LogP contribution in [0, 0.1) is 11.7 Å². The van der Waals surface area contributed by atoms with Crippen LogP contribution in [-0.2, 0) is 14.8 Å². The number of pyridine rings is 1. The number of sulfonamides is 1. The molecule has 0 radical (unpaired) electrons. The van der Waals surface area contributed by atoms with Crippen molar-refractivity contribution in [2.24, 2.45) is 5.92 Å². The highest BCUT2D eigenvalue weighted by molar-refractivity contribution is 9.10. The Morgan fingerprint density at radius 1 is 1.30 bits per heavy atom. The molecule has 1 fully saturated rings. The lowest BCUT2D eigenvalue weighted by Crippen LogP contribution is -2.41. The van der Waals surface area contributed by atoms with Crippen molar-refractivity contribution in [1.29, 1.82) is 0 Å². The number of amides is 1. The van der Waals surface area contributed by atoms with Gasteiger partial charge in [0.25, 0.3) is 0 Å². The molecular formula is C17H16BrClFN3O3S. The normalized spacial score (nSPS) is 16.3. The summed E-state index contributed by atoms with van der Waals surface area (Å²) in [5, 5.41) is 2.68. The Morgan fingerprint density at radius 2 is 2.00 bits per heavy atom. The number of hydrogen-bond acceptors (Lipinski definition) is 4. The van der Waals surface area contributed by atoms with E-state index in [9.17, 15) is 17.6 Å². The minimum atomic E-state index is -3.75. The summed E-state index contributed by atoms with van der Waals surface area (Å²) in [5.41, 5.74) is 0.471. The van der Waals surface area contributed by atoms with Crippen molar-refractivity contribution in [3.8, 4) is 0 Å². The molecule has 0 aliphatic carbocycles. The molecule has 1 aliphatic heterocycles. The highest BCUT2D eigenvalue weighted by Gasteiger charge is 2.33. The maximum atomic E-state index is 13.1. The van der Waals surface area contributed by atoms with Crippen molar-refractivity contribution in [1.82, 2.24) is 9.29 Å². The zero-order valence-electron chi connectivity index (χ0n) is 14.0. The first-order valence-corrected chi connectivity index (χ1v) is 10.8. The first kappa shape index (κ1) is 20.2. The van der Waals surface area contributed by atoms with Crippen molar-refractivity contribution in [2.75, 3.05) is 18.4 Å². The van der Waals surface area contributed by atoms with Crippen molar-refractivity contribution in [3.05, 3.63) is 52.0 Å². The molecule has 1 N–H and O–H groups in total. The van der Waals surface area contributed by atoms with E-state index in [2.05, 4.69) is 26.2 Å². The number of halogens is 3. The standard InChI is InChI=1S/C17H16BrClFN3O3S/c18-13-10-12(20)3-4-14(13)22-17(24)11-5-8-23(9-6-11)27(25,26)15-2-1-7-21-16(15)19/h1-4,7,10-11H,5-6,8-9H2,(H,22,24). The molecule has 3 rings (SSSR count). The Labute approximate surface area is 169 Å². The predicted octanol–water partition coefficient (Wildman–Crippen LogP) is 3.68. The third kappa shape index (κ3) is 4.48. The molecule has 1 saturated heterocycles. The maximum Gasteiger partial charge on any atom is 0.246 e. The molecule has 1 aromatic carbocycles. The summed E-state index contributed by atoms with van der Waals surface area (Å²) in [6, 6.07) is 6.92. The third-order valence-electron chi connectivity index (χ3n) is 4.36. The summed E-state index contributed by atoms with van der Waals surface area (Å²) in [5.74, 6) is -0.969. The molecule has 144 valence electrons. The van der Waals surface area contributed by atoms with Gasteiger partial charge in [-0.2, -0.15) is 4.31 Å². The van der Waals surface area contributed by atoms with E-state index in [-0.39, 0.29) is 35.0 Å². The van der Waals surface area contributed by atoms with Crippen molar-refractivity contribution in [2.45, 2.75) is 17.7 Å². The van der Waals surface area contributed by atoms with Gasteiger partial charge in [-0.1, -0.05) is 11.6 Å². The van der Waals surface area contributed by atoms with E-state index in [4.69, 9.17) is 11.6 Å². The van der Waals surface area contributed by atoms with E-state index in [0.717, 1.165) is 0 Å². The lowest BCUT2D eigenvalue weighted by Gasteiger charge is -2.30. The first-order valence-electron chi connectivity index (χ1n) is 8.15. The Morgan fingerprint density at radius 3 is 2.63 bits per heavy atom. The highest BCUT2D eigenvalue weighted by atomic mass is 79.9. The van der Waals surface area contributed by atoms with E-state index >= 15 is 0 Å². The second-order valence-corrected chi connectivity index (χ2v) is 9.20. The van der Waals surface area contributed by atoms with Crippen LogP contribution in [0.15, 0.2) is 45.9 Å². The summed E-state index contributed by atoms with van der Waals surface area (Å²) >= 11 is 9.12. The molecule has 0 spiro atoms. The van der Waals surface area contributed by atoms with E-state index < -0.39 is 15.8 Å². The molecule has 1 amide bonds. The lowest BCUT2D eigenvalue weighted by molar-refractivity contribution is -0.120. The zero-order chi connectivity index (χ0) is 19.6. The number of aromatic nitrogens is 1. The fourth-order valence-electron chi connectivity index (χ4n) is 2.89. The van der Waals surface area contributed by atoms with Gasteiger partial charge >= 0.3 is 0 Å². The second kappa shape index (κ2) is 8.22. The van der Waals surface area contributed by atoms with Gasteiger partial charge in [-0.05, 0) is 59.1 Å². The van der Waals surface area contributed by atoms with Gasteiger partial charge in [-0.3, -0.25) is 4.79 Å². The Hall–Kier alpha value is -1.55. The topological polar surface area (TPSA) is 79.4 Å². The van der Waals surface area contributed by atoms with Crippen LogP contribution >= 0.6 is 27.5 Å². The van der Waals surface area contributed by atoms with Gasteiger partial charge in [0.1, 0.15) is 15.9 Å². The molecule has 10 heteroatoms. The van der Waals surface area contributed by atoms with Crippen LogP contribution in [0.4, 0.5) is 10.1 Å². The number of nitrogens with zero attached hydrogens (tertiary/aromatic N) is 2. The molecule has 2 aromatic rings. The van der Waals surface area contributed by atoms with Gasteiger partial charge in [0.2, 0.25) is 15.9 Å². The number of anilines is 1. The van der Waals surface area contributed by atoms with Crippen LogP contribution in [-0.4, -0.2) is 36.7 Å². The number of carbonyl (C=O) groups excluding carboxylic acids is 1. The summed E-state index contributed by atoms with van der Waals surface area (Å²) in [7, 11) is -3.75. The average Bonchev–Trinajstić information content (AvgIpc) is 2.64. The minimum Gasteiger partial charge on any atom is -0.325 e. The molecule has 0 bridgehead atoms. The van der Waals surface area contributed by atoms with Gasteiger partial charge in [0.05, 0.1) is 5.69 Å². The van der Waals surface area contributed by atoms with Crippen molar-refractivity contribution < 1.29 is 17.6 Å². The number of hydrogen-bond donors (Lipinski definition) is 1. The van der Waals surface area contributed by atoms with Gasteiger partial charge in [-0.15, -0.1) is 0 Å². The molecule has 6 nitrogen and oxygen atoms in total. The van der Waals surface area contributed by atoms with Crippen LogP contribution in [0.5, 0.6) is 0 Å². The Kier molecular flexibility index (Phi) is 6.15. The SMILES string of the molecule is O=C(Nc1ccc(F)cc1Br)C1CCN(S(=O)(=O)c2cccnc2Cl)CC1.